The molecule has 3 N–H and O–H groups in total. The Labute approximate surface area is 220 Å². The van der Waals surface area contributed by atoms with Gasteiger partial charge in [0.25, 0.3) is 0 Å². The van der Waals surface area contributed by atoms with Crippen molar-refractivity contribution in [3.05, 3.63) is 70.8 Å². The molecule has 0 saturated carbocycles. The number of rotatable bonds is 11. The molecule has 0 radical (unpaired) electrons. The van der Waals surface area contributed by atoms with E-state index in [0.717, 1.165) is 23.1 Å². The van der Waals surface area contributed by atoms with Gasteiger partial charge in [0.15, 0.2) is 0 Å². The number of hydrogen-bond acceptors (Lipinski definition) is 5. The van der Waals surface area contributed by atoms with Crippen molar-refractivity contribution in [1.29, 1.82) is 0 Å². The van der Waals surface area contributed by atoms with Crippen LogP contribution in [0.25, 0.3) is 0 Å². The first-order valence-electron chi connectivity index (χ1n) is 12.8. The van der Waals surface area contributed by atoms with E-state index in [1.54, 1.807) is 20.8 Å². The zero-order chi connectivity index (χ0) is 27.6. The molecule has 37 heavy (non-hydrogen) atoms. The number of ether oxygens (including phenoxy) is 1. The fourth-order valence-electron chi connectivity index (χ4n) is 3.92. The van der Waals surface area contributed by atoms with Crippen molar-refractivity contribution in [1.82, 2.24) is 15.5 Å². The highest BCUT2D eigenvalue weighted by Gasteiger charge is 2.36. The topological polar surface area (TPSA) is 108 Å². The summed E-state index contributed by atoms with van der Waals surface area (Å²) in [5, 5.41) is 15.5. The highest BCUT2D eigenvalue weighted by molar-refractivity contribution is 5.92. The molecule has 0 aliphatic heterocycles. The minimum Gasteiger partial charge on any atom is -0.444 e. The van der Waals surface area contributed by atoms with Gasteiger partial charge in [-0.25, -0.2) is 4.79 Å². The van der Waals surface area contributed by atoms with E-state index >= 15 is 0 Å². The molecule has 2 aromatic rings. The molecular weight excluding hydrogens is 470 g/mol. The second-order valence-corrected chi connectivity index (χ2v) is 10.2. The number of hydrogen-bond donors (Lipinski definition) is 3. The average molecular weight is 512 g/mol. The molecule has 0 saturated heterocycles. The van der Waals surface area contributed by atoms with E-state index in [-0.39, 0.29) is 12.5 Å². The maximum atomic E-state index is 13.8. The van der Waals surface area contributed by atoms with Crippen LogP contribution in [0.3, 0.4) is 0 Å². The van der Waals surface area contributed by atoms with Crippen LogP contribution in [0.5, 0.6) is 0 Å². The fraction of sp³-hybridized carbons (Fsp3) is 0.483. The Kier molecular flexibility index (Phi) is 11.1. The Morgan fingerprint density at radius 1 is 1.05 bits per heavy atom. The van der Waals surface area contributed by atoms with Crippen LogP contribution in [-0.2, 0) is 20.9 Å². The predicted molar refractivity (Wildman–Crippen MR) is 144 cm³/mol. The number of aliphatic hydroxyl groups is 1. The van der Waals surface area contributed by atoms with Gasteiger partial charge in [-0.3, -0.25) is 9.59 Å². The van der Waals surface area contributed by atoms with Gasteiger partial charge in [-0.15, -0.1) is 0 Å². The van der Waals surface area contributed by atoms with Crippen molar-refractivity contribution < 1.29 is 24.2 Å². The van der Waals surface area contributed by atoms with E-state index in [4.69, 9.17) is 4.74 Å². The number of aryl methyl sites for hydroxylation is 2. The molecule has 0 aliphatic carbocycles. The van der Waals surface area contributed by atoms with Gasteiger partial charge in [-0.1, -0.05) is 67.4 Å². The van der Waals surface area contributed by atoms with Crippen LogP contribution in [0.4, 0.5) is 4.79 Å². The summed E-state index contributed by atoms with van der Waals surface area (Å²) in [4.78, 5) is 41.4. The Morgan fingerprint density at radius 3 is 2.32 bits per heavy atom. The molecule has 8 heteroatoms. The van der Waals surface area contributed by atoms with Gasteiger partial charge in [0.05, 0.1) is 6.61 Å². The lowest BCUT2D eigenvalue weighted by Gasteiger charge is -2.35. The molecule has 0 fully saturated rings. The third-order valence-electron chi connectivity index (χ3n) is 5.81. The number of carbonyl (C=O) groups excluding carboxylic acids is 3. The molecule has 2 rings (SSSR count). The quantitative estimate of drug-likeness (QED) is 0.420. The molecule has 0 spiro atoms. The van der Waals surface area contributed by atoms with Crippen molar-refractivity contribution >= 4 is 17.9 Å². The first kappa shape index (κ1) is 29.8. The Bertz CT molecular complexity index is 1050. The first-order chi connectivity index (χ1) is 17.5. The second kappa shape index (κ2) is 13.8. The standard InChI is InChI=1S/C29H41N3O5/c1-7-8-16-32(27(35)24(19-33)31-28(36)37-29(4,5)6)25(23-17-20(2)14-15-21(23)3)26(34)30-18-22-12-10-9-11-13-22/h9-15,17,24-25,33H,7-8,16,18-19H2,1-6H3,(H,30,34)(H,31,36). The Balaban J connectivity index is 2.45. The van der Waals surface area contributed by atoms with Gasteiger partial charge >= 0.3 is 6.09 Å². The minimum atomic E-state index is -1.26. The van der Waals surface area contributed by atoms with Crippen molar-refractivity contribution in [2.75, 3.05) is 13.2 Å². The maximum absolute atomic E-state index is 13.8. The molecule has 202 valence electrons. The SMILES string of the molecule is CCCCN(C(=O)C(CO)NC(=O)OC(C)(C)C)C(C(=O)NCc1ccccc1)c1cc(C)ccc1C. The average Bonchev–Trinajstić information content (AvgIpc) is 2.84. The summed E-state index contributed by atoms with van der Waals surface area (Å²) in [7, 11) is 0. The van der Waals surface area contributed by atoms with E-state index in [0.29, 0.717) is 18.5 Å². The number of aliphatic hydroxyl groups excluding tert-OH is 1. The molecule has 2 aromatic carbocycles. The lowest BCUT2D eigenvalue weighted by Crippen LogP contribution is -2.54. The van der Waals surface area contributed by atoms with Crippen LogP contribution in [0.15, 0.2) is 48.5 Å². The van der Waals surface area contributed by atoms with Gasteiger partial charge in [0.2, 0.25) is 11.8 Å². The third-order valence-corrected chi connectivity index (χ3v) is 5.81. The van der Waals surface area contributed by atoms with Crippen LogP contribution in [0.1, 0.15) is 68.8 Å². The summed E-state index contributed by atoms with van der Waals surface area (Å²) < 4.78 is 5.28. The molecule has 0 heterocycles. The third kappa shape index (κ3) is 9.21. The molecular formula is C29H41N3O5. The molecule has 8 nitrogen and oxygen atoms in total. The highest BCUT2D eigenvalue weighted by Crippen LogP contribution is 2.27. The zero-order valence-corrected chi connectivity index (χ0v) is 22.8. The lowest BCUT2D eigenvalue weighted by atomic mass is 9.96. The van der Waals surface area contributed by atoms with E-state index < -0.39 is 36.3 Å². The molecule has 2 atom stereocenters. The summed E-state index contributed by atoms with van der Waals surface area (Å²) >= 11 is 0. The van der Waals surface area contributed by atoms with E-state index in [9.17, 15) is 19.5 Å². The van der Waals surface area contributed by atoms with Crippen molar-refractivity contribution in [2.24, 2.45) is 0 Å². The smallest absolute Gasteiger partial charge is 0.408 e. The van der Waals surface area contributed by atoms with Crippen molar-refractivity contribution in [3.63, 3.8) is 0 Å². The highest BCUT2D eigenvalue weighted by atomic mass is 16.6. The molecule has 0 aliphatic rings. The molecule has 0 aromatic heterocycles. The number of amides is 3. The van der Waals surface area contributed by atoms with Crippen molar-refractivity contribution in [3.8, 4) is 0 Å². The second-order valence-electron chi connectivity index (χ2n) is 10.2. The molecule has 3 amide bonds. The maximum Gasteiger partial charge on any atom is 0.408 e. The number of nitrogens with one attached hydrogen (secondary N) is 2. The van der Waals surface area contributed by atoms with Crippen LogP contribution in [0.2, 0.25) is 0 Å². The van der Waals surface area contributed by atoms with Gasteiger partial charge < -0.3 is 25.4 Å². The summed E-state index contributed by atoms with van der Waals surface area (Å²) in [6, 6.07) is 13.1. The van der Waals surface area contributed by atoms with Gasteiger partial charge in [0, 0.05) is 13.1 Å². The first-order valence-corrected chi connectivity index (χ1v) is 12.8. The number of unbranched alkanes of at least 4 members (excludes halogenated alkanes) is 1. The van der Waals surface area contributed by atoms with Crippen LogP contribution in [0, 0.1) is 13.8 Å². The van der Waals surface area contributed by atoms with Crippen LogP contribution >= 0.6 is 0 Å². The molecule has 0 bridgehead atoms. The lowest BCUT2D eigenvalue weighted by molar-refractivity contribution is -0.143. The van der Waals surface area contributed by atoms with E-state index in [1.807, 2.05) is 69.3 Å². The van der Waals surface area contributed by atoms with E-state index in [1.165, 1.54) is 4.90 Å². The van der Waals surface area contributed by atoms with Crippen molar-refractivity contribution in [2.45, 2.75) is 78.6 Å². The summed E-state index contributed by atoms with van der Waals surface area (Å²) in [6.45, 7) is 10.9. The summed E-state index contributed by atoms with van der Waals surface area (Å²) in [6.07, 6.45) is 0.620. The van der Waals surface area contributed by atoms with Crippen LogP contribution in [-0.4, -0.2) is 52.7 Å². The van der Waals surface area contributed by atoms with E-state index in [2.05, 4.69) is 10.6 Å². The number of benzene rings is 2. The minimum absolute atomic E-state index is 0.276. The summed E-state index contributed by atoms with van der Waals surface area (Å²) in [5.74, 6) is -0.890. The Morgan fingerprint density at radius 2 is 1.73 bits per heavy atom. The Hall–Kier alpha value is -3.39. The number of carbonyl (C=O) groups is 3. The predicted octanol–water partition coefficient (Wildman–Crippen LogP) is 4.18. The van der Waals surface area contributed by atoms with Gasteiger partial charge in [-0.05, 0) is 57.7 Å². The monoisotopic (exact) mass is 511 g/mol. The summed E-state index contributed by atoms with van der Waals surface area (Å²) in [5.41, 5.74) is 2.68. The normalized spacial score (nSPS) is 12.8. The number of nitrogens with zero attached hydrogens (tertiary/aromatic N) is 1. The zero-order valence-electron chi connectivity index (χ0n) is 22.8. The largest absolute Gasteiger partial charge is 0.444 e. The number of alkyl carbamates (subject to hydrolysis) is 1. The van der Waals surface area contributed by atoms with Gasteiger partial charge in [0.1, 0.15) is 17.7 Å². The van der Waals surface area contributed by atoms with Crippen LogP contribution < -0.4 is 10.6 Å². The van der Waals surface area contributed by atoms with Gasteiger partial charge in [-0.2, -0.15) is 0 Å². The fourth-order valence-corrected chi connectivity index (χ4v) is 3.92. The molecule has 2 unspecified atom stereocenters.